The van der Waals surface area contributed by atoms with Gasteiger partial charge in [0.1, 0.15) is 0 Å². The van der Waals surface area contributed by atoms with Crippen molar-refractivity contribution in [2.75, 3.05) is 6.54 Å². The van der Waals surface area contributed by atoms with Crippen LogP contribution in [-0.2, 0) is 0 Å². The Labute approximate surface area is 97.0 Å². The molecule has 0 aromatic heterocycles. The van der Waals surface area contributed by atoms with Crippen molar-refractivity contribution in [3.8, 4) is 0 Å². The highest BCUT2D eigenvalue weighted by Crippen LogP contribution is 2.25. The molecule has 0 bridgehead atoms. The standard InChI is InChI=1S/C13H29NSi/c1-11(2)8-12(10-15(3,4)5)9-14-13-6-7-13/h11-14H,6-10H2,1-5H3. The van der Waals surface area contributed by atoms with E-state index in [0.717, 1.165) is 17.9 Å². The van der Waals surface area contributed by atoms with E-state index in [1.807, 2.05) is 0 Å². The molecule has 2 heteroatoms. The third kappa shape index (κ3) is 7.12. The largest absolute Gasteiger partial charge is 0.314 e. The van der Waals surface area contributed by atoms with Crippen molar-refractivity contribution in [3.63, 3.8) is 0 Å². The first-order chi connectivity index (χ1) is 6.87. The summed E-state index contributed by atoms with van der Waals surface area (Å²) in [5.41, 5.74) is 0. The minimum atomic E-state index is -0.879. The summed E-state index contributed by atoms with van der Waals surface area (Å²) in [6.07, 6.45) is 4.24. The molecule has 1 atom stereocenters. The van der Waals surface area contributed by atoms with Crippen LogP contribution < -0.4 is 5.32 Å². The molecular weight excluding hydrogens is 198 g/mol. The molecule has 1 aliphatic carbocycles. The van der Waals surface area contributed by atoms with E-state index in [1.165, 1.54) is 31.9 Å². The van der Waals surface area contributed by atoms with Crippen molar-refractivity contribution in [1.29, 1.82) is 0 Å². The Morgan fingerprint density at radius 1 is 1.20 bits per heavy atom. The van der Waals surface area contributed by atoms with Crippen molar-refractivity contribution >= 4 is 8.07 Å². The van der Waals surface area contributed by atoms with Crippen LogP contribution in [0, 0.1) is 11.8 Å². The summed E-state index contributed by atoms with van der Waals surface area (Å²) < 4.78 is 0. The molecule has 0 aliphatic heterocycles. The Morgan fingerprint density at radius 3 is 2.20 bits per heavy atom. The van der Waals surface area contributed by atoms with Crippen LogP contribution in [0.4, 0.5) is 0 Å². The molecule has 0 amide bonds. The highest BCUT2D eigenvalue weighted by Gasteiger charge is 2.25. The lowest BCUT2D eigenvalue weighted by Gasteiger charge is -2.26. The van der Waals surface area contributed by atoms with E-state index < -0.39 is 8.07 Å². The highest BCUT2D eigenvalue weighted by atomic mass is 28.3. The molecule has 15 heavy (non-hydrogen) atoms. The molecule has 1 fully saturated rings. The van der Waals surface area contributed by atoms with Crippen LogP contribution in [0.3, 0.4) is 0 Å². The minimum absolute atomic E-state index is 0.854. The second-order valence-corrected chi connectivity index (χ2v) is 12.5. The van der Waals surface area contributed by atoms with Crippen LogP contribution in [0.1, 0.15) is 33.1 Å². The molecule has 1 N–H and O–H groups in total. The van der Waals surface area contributed by atoms with Crippen molar-refractivity contribution in [3.05, 3.63) is 0 Å². The SMILES string of the molecule is CC(C)CC(CNC1CC1)C[Si](C)(C)C. The van der Waals surface area contributed by atoms with Crippen LogP contribution in [0.15, 0.2) is 0 Å². The summed E-state index contributed by atoms with van der Waals surface area (Å²) in [5.74, 6) is 1.78. The van der Waals surface area contributed by atoms with Crippen LogP contribution in [0.2, 0.25) is 25.7 Å². The first-order valence-corrected chi connectivity index (χ1v) is 10.3. The van der Waals surface area contributed by atoms with Crippen molar-refractivity contribution in [1.82, 2.24) is 5.32 Å². The normalized spacial score (nSPS) is 19.6. The summed E-state index contributed by atoms with van der Waals surface area (Å²) in [4.78, 5) is 0. The predicted molar refractivity (Wildman–Crippen MR) is 72.1 cm³/mol. The molecule has 1 nitrogen and oxygen atoms in total. The third-order valence-corrected chi connectivity index (χ3v) is 4.78. The van der Waals surface area contributed by atoms with E-state index >= 15 is 0 Å². The average molecular weight is 227 g/mol. The monoisotopic (exact) mass is 227 g/mol. The lowest BCUT2D eigenvalue weighted by Crippen LogP contribution is -2.32. The Bertz CT molecular complexity index is 179. The number of hydrogen-bond donors (Lipinski definition) is 1. The summed E-state index contributed by atoms with van der Waals surface area (Å²) in [7, 11) is -0.879. The topological polar surface area (TPSA) is 12.0 Å². The smallest absolute Gasteiger partial charge is 0.0445 e. The fourth-order valence-electron chi connectivity index (χ4n) is 2.39. The lowest BCUT2D eigenvalue weighted by atomic mass is 9.99. The van der Waals surface area contributed by atoms with Gasteiger partial charge in [-0.25, -0.2) is 0 Å². The summed E-state index contributed by atoms with van der Waals surface area (Å²) in [5, 5.41) is 3.71. The molecule has 0 saturated heterocycles. The van der Waals surface area contributed by atoms with Gasteiger partial charge in [-0.15, -0.1) is 0 Å². The van der Waals surface area contributed by atoms with Crippen LogP contribution in [0.25, 0.3) is 0 Å². The first-order valence-electron chi connectivity index (χ1n) is 6.60. The van der Waals surface area contributed by atoms with Crippen LogP contribution in [0.5, 0.6) is 0 Å². The molecule has 0 heterocycles. The van der Waals surface area contributed by atoms with Gasteiger partial charge < -0.3 is 5.32 Å². The maximum Gasteiger partial charge on any atom is 0.0445 e. The number of nitrogens with one attached hydrogen (secondary N) is 1. The maximum absolute atomic E-state index is 3.71. The fraction of sp³-hybridized carbons (Fsp3) is 1.00. The zero-order valence-corrected chi connectivity index (χ0v) is 12.3. The van der Waals surface area contributed by atoms with Gasteiger partial charge in [0, 0.05) is 14.1 Å². The molecule has 0 aromatic carbocycles. The summed E-state index contributed by atoms with van der Waals surface area (Å²) in [6, 6.07) is 2.37. The van der Waals surface area contributed by atoms with E-state index in [4.69, 9.17) is 0 Å². The maximum atomic E-state index is 3.71. The van der Waals surface area contributed by atoms with Crippen molar-refractivity contribution in [2.45, 2.75) is 64.8 Å². The van der Waals surface area contributed by atoms with Gasteiger partial charge in [-0.05, 0) is 37.6 Å². The second kappa shape index (κ2) is 5.49. The molecular formula is C13H29NSi. The van der Waals surface area contributed by atoms with Crippen LogP contribution in [-0.4, -0.2) is 20.7 Å². The van der Waals surface area contributed by atoms with Crippen molar-refractivity contribution < 1.29 is 0 Å². The van der Waals surface area contributed by atoms with E-state index in [-0.39, 0.29) is 0 Å². The van der Waals surface area contributed by atoms with E-state index in [9.17, 15) is 0 Å². The highest BCUT2D eigenvalue weighted by molar-refractivity contribution is 6.76. The van der Waals surface area contributed by atoms with E-state index in [0.29, 0.717) is 0 Å². The van der Waals surface area contributed by atoms with Gasteiger partial charge in [0.2, 0.25) is 0 Å². The van der Waals surface area contributed by atoms with Gasteiger partial charge in [-0.3, -0.25) is 0 Å². The summed E-state index contributed by atoms with van der Waals surface area (Å²) in [6.45, 7) is 13.5. The molecule has 1 unspecified atom stereocenters. The van der Waals surface area contributed by atoms with E-state index in [1.54, 1.807) is 0 Å². The number of rotatable bonds is 7. The third-order valence-electron chi connectivity index (χ3n) is 2.98. The first kappa shape index (κ1) is 13.2. The average Bonchev–Trinajstić information content (AvgIpc) is 2.78. The van der Waals surface area contributed by atoms with Gasteiger partial charge in [-0.1, -0.05) is 39.5 Å². The molecule has 0 aromatic rings. The Hall–Kier alpha value is 0.177. The quantitative estimate of drug-likeness (QED) is 0.653. The van der Waals surface area contributed by atoms with Gasteiger partial charge in [-0.2, -0.15) is 0 Å². The van der Waals surface area contributed by atoms with Crippen molar-refractivity contribution in [2.24, 2.45) is 11.8 Å². The molecule has 1 saturated carbocycles. The zero-order valence-electron chi connectivity index (χ0n) is 11.3. The fourth-order valence-corrected chi connectivity index (χ4v) is 4.44. The Kier molecular flexibility index (Phi) is 4.85. The molecule has 0 radical (unpaired) electrons. The van der Waals surface area contributed by atoms with Gasteiger partial charge in [0.15, 0.2) is 0 Å². The molecule has 0 spiro atoms. The number of hydrogen-bond acceptors (Lipinski definition) is 1. The van der Waals surface area contributed by atoms with Crippen LogP contribution >= 0.6 is 0 Å². The molecule has 1 aliphatic rings. The van der Waals surface area contributed by atoms with Gasteiger partial charge in [0.25, 0.3) is 0 Å². The molecule has 90 valence electrons. The van der Waals surface area contributed by atoms with E-state index in [2.05, 4.69) is 38.8 Å². The zero-order chi connectivity index (χ0) is 11.5. The minimum Gasteiger partial charge on any atom is -0.314 e. The predicted octanol–water partition coefficient (Wildman–Crippen LogP) is 3.74. The Morgan fingerprint density at radius 2 is 1.80 bits per heavy atom. The molecule has 1 rings (SSSR count). The Balaban J connectivity index is 2.29. The summed E-state index contributed by atoms with van der Waals surface area (Å²) >= 11 is 0. The van der Waals surface area contributed by atoms with Gasteiger partial charge >= 0.3 is 0 Å². The lowest BCUT2D eigenvalue weighted by molar-refractivity contribution is 0.409. The second-order valence-electron chi connectivity index (χ2n) is 6.94. The van der Waals surface area contributed by atoms with Gasteiger partial charge in [0.05, 0.1) is 0 Å².